The van der Waals surface area contributed by atoms with Gasteiger partial charge in [-0.2, -0.15) is 13.2 Å². The number of benzene rings is 2. The molecule has 1 aliphatic heterocycles. The molecule has 1 heterocycles. The molecule has 0 bridgehead atoms. The molecule has 218 valence electrons. The van der Waals surface area contributed by atoms with Crippen LogP contribution in [0.3, 0.4) is 0 Å². The van der Waals surface area contributed by atoms with Crippen molar-refractivity contribution in [3.8, 4) is 11.1 Å². The lowest BCUT2D eigenvalue weighted by molar-refractivity contribution is -0.137. The number of nitrogens with one attached hydrogen (secondary N) is 1. The summed E-state index contributed by atoms with van der Waals surface area (Å²) in [6, 6.07) is 6.12. The van der Waals surface area contributed by atoms with Crippen LogP contribution in [-0.4, -0.2) is 65.3 Å². The number of anilines is 1. The number of halogens is 4. The molecule has 1 saturated heterocycles. The highest BCUT2D eigenvalue weighted by atomic mass is 19.4. The summed E-state index contributed by atoms with van der Waals surface area (Å²) in [6.07, 6.45) is -6.13. The van der Waals surface area contributed by atoms with Crippen LogP contribution in [0.2, 0.25) is 0 Å². The molecule has 2 aromatic carbocycles. The third-order valence-corrected chi connectivity index (χ3v) is 5.66. The van der Waals surface area contributed by atoms with Gasteiger partial charge in [0, 0.05) is 26.2 Å². The molecule has 0 aliphatic carbocycles. The number of nitrogens with zero attached hydrogens (tertiary/aromatic N) is 2. The van der Waals surface area contributed by atoms with Crippen LogP contribution in [0.25, 0.3) is 11.1 Å². The SMILES string of the molecule is CC(C)(C)OC(=O)Nc1ccc(-c2cc(F)cc(C(F)(F)F)c2)cc1C(=O)N1CCN(C(=O)OC(C)(C)C)CC1. The lowest BCUT2D eigenvalue weighted by Gasteiger charge is -2.36. The van der Waals surface area contributed by atoms with Crippen molar-refractivity contribution in [2.24, 2.45) is 0 Å². The van der Waals surface area contributed by atoms with Gasteiger partial charge in [0.2, 0.25) is 0 Å². The number of amides is 3. The van der Waals surface area contributed by atoms with E-state index in [1.165, 1.54) is 28.0 Å². The van der Waals surface area contributed by atoms with Crippen molar-refractivity contribution < 1.29 is 41.4 Å². The molecule has 12 heteroatoms. The molecule has 0 aromatic heterocycles. The molecular formula is C28H33F4N3O5. The lowest BCUT2D eigenvalue weighted by Crippen LogP contribution is -2.51. The quantitative estimate of drug-likeness (QED) is 0.425. The Morgan fingerprint density at radius 2 is 1.35 bits per heavy atom. The van der Waals surface area contributed by atoms with Crippen LogP contribution in [0, 0.1) is 5.82 Å². The Morgan fingerprint density at radius 1 is 0.775 bits per heavy atom. The fourth-order valence-electron chi connectivity index (χ4n) is 3.93. The molecule has 1 fully saturated rings. The molecular weight excluding hydrogens is 534 g/mol. The highest BCUT2D eigenvalue weighted by Gasteiger charge is 2.32. The Balaban J connectivity index is 1.93. The lowest BCUT2D eigenvalue weighted by atomic mass is 9.98. The molecule has 0 atom stereocenters. The van der Waals surface area contributed by atoms with Crippen molar-refractivity contribution in [2.45, 2.75) is 58.9 Å². The van der Waals surface area contributed by atoms with Gasteiger partial charge in [0.25, 0.3) is 5.91 Å². The molecule has 0 radical (unpaired) electrons. The number of hydrogen-bond acceptors (Lipinski definition) is 5. The zero-order valence-electron chi connectivity index (χ0n) is 23.2. The highest BCUT2D eigenvalue weighted by Crippen LogP contribution is 2.34. The van der Waals surface area contributed by atoms with Gasteiger partial charge in [0.15, 0.2) is 0 Å². The van der Waals surface area contributed by atoms with Gasteiger partial charge in [0.1, 0.15) is 17.0 Å². The number of carbonyl (C=O) groups excluding carboxylic acids is 3. The van der Waals surface area contributed by atoms with Gasteiger partial charge in [-0.3, -0.25) is 10.1 Å². The second kappa shape index (κ2) is 11.3. The molecule has 1 aliphatic rings. The van der Waals surface area contributed by atoms with Crippen molar-refractivity contribution >= 4 is 23.8 Å². The summed E-state index contributed by atoms with van der Waals surface area (Å²) in [7, 11) is 0. The molecule has 3 amide bonds. The summed E-state index contributed by atoms with van der Waals surface area (Å²) < 4.78 is 64.7. The maximum Gasteiger partial charge on any atom is 0.416 e. The minimum Gasteiger partial charge on any atom is -0.444 e. The Kier molecular flexibility index (Phi) is 8.71. The van der Waals surface area contributed by atoms with Crippen molar-refractivity contribution in [1.82, 2.24) is 9.80 Å². The van der Waals surface area contributed by atoms with E-state index in [1.54, 1.807) is 41.5 Å². The first-order chi connectivity index (χ1) is 18.3. The van der Waals surface area contributed by atoms with Gasteiger partial charge < -0.3 is 19.3 Å². The summed E-state index contributed by atoms with van der Waals surface area (Å²) >= 11 is 0. The second-order valence-corrected chi connectivity index (χ2v) is 11.4. The summed E-state index contributed by atoms with van der Waals surface area (Å²) in [5.74, 6) is -1.63. The average Bonchev–Trinajstić information content (AvgIpc) is 2.80. The second-order valence-electron chi connectivity index (χ2n) is 11.4. The summed E-state index contributed by atoms with van der Waals surface area (Å²) in [6.45, 7) is 10.9. The summed E-state index contributed by atoms with van der Waals surface area (Å²) in [4.78, 5) is 41.4. The number of piperazine rings is 1. The van der Waals surface area contributed by atoms with Gasteiger partial charge in [0.05, 0.1) is 16.8 Å². The zero-order valence-corrected chi connectivity index (χ0v) is 23.2. The predicted octanol–water partition coefficient (Wildman–Crippen LogP) is 6.55. The number of ether oxygens (including phenoxy) is 2. The summed E-state index contributed by atoms with van der Waals surface area (Å²) in [5, 5.41) is 2.52. The number of hydrogen-bond donors (Lipinski definition) is 1. The first-order valence-corrected chi connectivity index (χ1v) is 12.6. The normalized spacial score (nSPS) is 14.6. The van der Waals surface area contributed by atoms with E-state index in [0.29, 0.717) is 6.07 Å². The Hall–Kier alpha value is -3.83. The van der Waals surface area contributed by atoms with Crippen LogP contribution < -0.4 is 5.32 Å². The third kappa shape index (κ3) is 8.33. The first-order valence-electron chi connectivity index (χ1n) is 12.6. The van der Waals surface area contributed by atoms with Crippen LogP contribution in [0.4, 0.5) is 32.8 Å². The maximum absolute atomic E-state index is 14.1. The van der Waals surface area contributed by atoms with Crippen molar-refractivity contribution in [3.05, 3.63) is 53.3 Å². The number of rotatable bonds is 3. The molecule has 1 N–H and O–H groups in total. The third-order valence-electron chi connectivity index (χ3n) is 5.66. The van der Waals surface area contributed by atoms with Crippen LogP contribution in [-0.2, 0) is 15.7 Å². The standard InChI is InChI=1S/C28H33F4N3O5/c1-26(2,3)39-24(37)33-22-8-7-17(18-13-19(28(30,31)32)16-20(29)14-18)15-21(22)23(36)34-9-11-35(12-10-34)25(38)40-27(4,5)6/h7-8,13-16H,9-12H2,1-6H3,(H,33,37). The van der Waals surface area contributed by atoms with Crippen molar-refractivity contribution in [2.75, 3.05) is 31.5 Å². The van der Waals surface area contributed by atoms with Gasteiger partial charge in [-0.15, -0.1) is 0 Å². The van der Waals surface area contributed by atoms with Crippen molar-refractivity contribution in [3.63, 3.8) is 0 Å². The zero-order chi connectivity index (χ0) is 30.0. The summed E-state index contributed by atoms with van der Waals surface area (Å²) in [5.41, 5.74) is -2.63. The predicted molar refractivity (Wildman–Crippen MR) is 140 cm³/mol. The van der Waals surface area contributed by atoms with Gasteiger partial charge in [-0.1, -0.05) is 6.07 Å². The van der Waals surface area contributed by atoms with Crippen molar-refractivity contribution in [1.29, 1.82) is 0 Å². The Bertz CT molecular complexity index is 1270. The van der Waals surface area contributed by atoms with E-state index < -0.39 is 46.9 Å². The van der Waals surface area contributed by atoms with E-state index in [9.17, 15) is 31.9 Å². The molecule has 2 aromatic rings. The van der Waals surface area contributed by atoms with E-state index in [1.807, 2.05) is 0 Å². The molecule has 40 heavy (non-hydrogen) atoms. The van der Waals surface area contributed by atoms with Gasteiger partial charge >= 0.3 is 18.4 Å². The van der Waals surface area contributed by atoms with Crippen LogP contribution >= 0.6 is 0 Å². The first kappa shape index (κ1) is 30.7. The smallest absolute Gasteiger partial charge is 0.416 e. The monoisotopic (exact) mass is 567 g/mol. The van der Waals surface area contributed by atoms with Crippen LogP contribution in [0.1, 0.15) is 57.5 Å². The van der Waals surface area contributed by atoms with E-state index in [0.717, 1.165) is 12.1 Å². The maximum atomic E-state index is 14.1. The fraction of sp³-hybridized carbons (Fsp3) is 0.464. The fourth-order valence-corrected chi connectivity index (χ4v) is 3.93. The molecule has 3 rings (SSSR count). The molecule has 8 nitrogen and oxygen atoms in total. The minimum atomic E-state index is -4.78. The Morgan fingerprint density at radius 3 is 1.90 bits per heavy atom. The highest BCUT2D eigenvalue weighted by molar-refractivity contribution is 6.04. The number of alkyl halides is 3. The van der Waals surface area contributed by atoms with Gasteiger partial charge in [-0.05, 0) is 83.0 Å². The molecule has 0 unspecified atom stereocenters. The van der Waals surface area contributed by atoms with E-state index >= 15 is 0 Å². The largest absolute Gasteiger partial charge is 0.444 e. The van der Waals surface area contributed by atoms with E-state index in [4.69, 9.17) is 9.47 Å². The number of carbonyl (C=O) groups is 3. The van der Waals surface area contributed by atoms with E-state index in [2.05, 4.69) is 5.32 Å². The van der Waals surface area contributed by atoms with Crippen LogP contribution in [0.15, 0.2) is 36.4 Å². The van der Waals surface area contributed by atoms with Gasteiger partial charge in [-0.25, -0.2) is 14.0 Å². The Labute approximate surface area is 230 Å². The molecule has 0 spiro atoms. The average molecular weight is 568 g/mol. The molecule has 0 saturated carbocycles. The van der Waals surface area contributed by atoms with Crippen LogP contribution in [0.5, 0.6) is 0 Å². The van der Waals surface area contributed by atoms with E-state index in [-0.39, 0.29) is 48.6 Å². The minimum absolute atomic E-state index is 0.0353. The topological polar surface area (TPSA) is 88.2 Å².